The number of ether oxygens (including phenoxy) is 3. The molecule has 38 heavy (non-hydrogen) atoms. The van der Waals surface area contributed by atoms with E-state index in [-0.39, 0.29) is 17.8 Å². The summed E-state index contributed by atoms with van der Waals surface area (Å²) in [6.07, 6.45) is -5.88. The fourth-order valence-electron chi connectivity index (χ4n) is 4.02. The molecule has 1 aromatic heterocycles. The molecule has 4 rings (SSSR count). The van der Waals surface area contributed by atoms with Gasteiger partial charge in [-0.05, 0) is 50.6 Å². The maximum Gasteiger partial charge on any atom is 0.573 e. The van der Waals surface area contributed by atoms with Crippen molar-refractivity contribution in [3.8, 4) is 17.2 Å². The molecule has 0 bridgehead atoms. The molecule has 3 aromatic rings. The van der Waals surface area contributed by atoms with Crippen molar-refractivity contribution in [2.24, 2.45) is 0 Å². The summed E-state index contributed by atoms with van der Waals surface area (Å²) in [7, 11) is 0. The highest BCUT2D eigenvalue weighted by Crippen LogP contribution is 2.44. The largest absolute Gasteiger partial charge is 0.573 e. The fraction of sp³-hybridized carbons (Fsp3) is 0.320. The molecule has 1 unspecified atom stereocenters. The number of hydrogen-bond acceptors (Lipinski definition) is 7. The van der Waals surface area contributed by atoms with E-state index < -0.39 is 64.5 Å². The Hall–Kier alpha value is -3.74. The number of esters is 1. The number of rotatable bonds is 5. The number of pyridine rings is 1. The van der Waals surface area contributed by atoms with Crippen LogP contribution in [0.15, 0.2) is 45.7 Å². The first-order valence-corrected chi connectivity index (χ1v) is 12.0. The second-order valence-corrected chi connectivity index (χ2v) is 10.3. The third-order valence-electron chi connectivity index (χ3n) is 5.43. The summed E-state index contributed by atoms with van der Waals surface area (Å²) in [6, 6.07) is 9.08. The van der Waals surface area contributed by atoms with Gasteiger partial charge in [0.1, 0.15) is 46.6 Å². The Labute approximate surface area is 222 Å². The summed E-state index contributed by atoms with van der Waals surface area (Å²) in [5.74, 6) is -3.88. The van der Waals surface area contributed by atoms with E-state index in [1.165, 1.54) is 6.07 Å². The molecule has 0 spiro atoms. The molecule has 0 saturated heterocycles. The molecule has 1 amide bonds. The predicted molar refractivity (Wildman–Crippen MR) is 132 cm³/mol. The summed E-state index contributed by atoms with van der Waals surface area (Å²) in [4.78, 5) is 38.5. The Morgan fingerprint density at radius 1 is 1.16 bits per heavy atom. The van der Waals surface area contributed by atoms with Crippen LogP contribution in [-0.4, -0.2) is 40.1 Å². The lowest BCUT2D eigenvalue weighted by Gasteiger charge is -2.29. The van der Waals surface area contributed by atoms with Gasteiger partial charge in [0.2, 0.25) is 0 Å². The van der Waals surface area contributed by atoms with E-state index in [4.69, 9.17) is 9.47 Å². The minimum Gasteiger partial charge on any atom is -0.506 e. The van der Waals surface area contributed by atoms with Gasteiger partial charge >= 0.3 is 12.3 Å². The number of aromatic nitrogens is 1. The number of aromatic hydroxyl groups is 1. The molecule has 13 heteroatoms. The molecule has 1 atom stereocenters. The van der Waals surface area contributed by atoms with E-state index in [0.29, 0.717) is 5.56 Å². The highest BCUT2D eigenvalue weighted by Gasteiger charge is 2.36. The second-order valence-electron chi connectivity index (χ2n) is 9.40. The number of nitrogens with zero attached hydrogens (tertiary/aromatic N) is 1. The lowest BCUT2D eigenvalue weighted by molar-refractivity contribution is -0.274. The maximum absolute atomic E-state index is 13.5. The Morgan fingerprint density at radius 2 is 1.82 bits per heavy atom. The van der Waals surface area contributed by atoms with Gasteiger partial charge in [0.05, 0.1) is 11.9 Å². The summed E-state index contributed by atoms with van der Waals surface area (Å²) in [6.45, 7) is 4.00. The summed E-state index contributed by atoms with van der Waals surface area (Å²) in [5, 5.41) is 12.6. The molecule has 2 heterocycles. The zero-order valence-corrected chi connectivity index (χ0v) is 21.9. The Bertz CT molecular complexity index is 1480. The smallest absolute Gasteiger partial charge is 0.506 e. The zero-order chi connectivity index (χ0) is 28.0. The Balaban J connectivity index is 1.83. The lowest BCUT2D eigenvalue weighted by atomic mass is 10.0. The van der Waals surface area contributed by atoms with Crippen molar-refractivity contribution in [1.29, 1.82) is 0 Å². The minimum atomic E-state index is -5.13. The zero-order valence-electron chi connectivity index (χ0n) is 20.3. The summed E-state index contributed by atoms with van der Waals surface area (Å²) >= 11 is 3.33. The van der Waals surface area contributed by atoms with Crippen LogP contribution in [0.25, 0.3) is 10.9 Å². The van der Waals surface area contributed by atoms with Crippen LogP contribution >= 0.6 is 15.9 Å². The molecule has 0 saturated carbocycles. The van der Waals surface area contributed by atoms with E-state index in [1.54, 1.807) is 45.0 Å². The molecule has 1 aliphatic heterocycles. The number of alkyl halides is 3. The van der Waals surface area contributed by atoms with Crippen molar-refractivity contribution >= 4 is 38.7 Å². The molecular formula is C25H22BrF3N2O7. The molecule has 0 fully saturated rings. The van der Waals surface area contributed by atoms with Gasteiger partial charge < -0.3 is 24.6 Å². The molecular weight excluding hydrogens is 577 g/mol. The lowest BCUT2D eigenvalue weighted by Crippen LogP contribution is -2.39. The predicted octanol–water partition coefficient (Wildman–Crippen LogP) is 4.57. The number of benzene rings is 2. The van der Waals surface area contributed by atoms with Gasteiger partial charge in [0, 0.05) is 4.47 Å². The quantitative estimate of drug-likeness (QED) is 0.413. The Morgan fingerprint density at radius 3 is 2.42 bits per heavy atom. The van der Waals surface area contributed by atoms with Crippen LogP contribution in [-0.2, 0) is 16.1 Å². The minimum absolute atomic E-state index is 0.00167. The molecule has 202 valence electrons. The normalized spacial score (nSPS) is 15.1. The molecule has 0 radical (unpaired) electrons. The van der Waals surface area contributed by atoms with Crippen LogP contribution in [0.5, 0.6) is 17.2 Å². The van der Waals surface area contributed by atoms with Crippen molar-refractivity contribution in [3.63, 3.8) is 0 Å². The van der Waals surface area contributed by atoms with Crippen LogP contribution in [0, 0.1) is 0 Å². The third-order valence-corrected chi connectivity index (χ3v) is 5.96. The van der Waals surface area contributed by atoms with E-state index in [9.17, 15) is 32.7 Å². The van der Waals surface area contributed by atoms with Crippen molar-refractivity contribution in [1.82, 2.24) is 9.88 Å². The topological polar surface area (TPSA) is 116 Å². The van der Waals surface area contributed by atoms with E-state index in [2.05, 4.69) is 26.0 Å². The molecule has 0 aliphatic carbocycles. The standard InChI is InChI=1S/C25H22BrF3N2O7/c1-24(2,3)38-17(32)10-30-22(34)19-21(33)18-14(37-25(27,28)29)8-9-15-20(18)31(23(19)35)11-16(36-15)12-4-6-13(26)7-5-12/h4-9,16,33H,10-11H2,1-3H3,(H,30,34). The van der Waals surface area contributed by atoms with Crippen LogP contribution < -0.4 is 20.3 Å². The van der Waals surface area contributed by atoms with Gasteiger partial charge in [-0.3, -0.25) is 19.0 Å². The number of hydrogen-bond donors (Lipinski definition) is 2. The van der Waals surface area contributed by atoms with Crippen molar-refractivity contribution in [2.75, 3.05) is 6.54 Å². The SMILES string of the molecule is CC(C)(C)OC(=O)CNC(=O)c1c(O)c2c(OC(F)(F)F)ccc3c2n(c1=O)CC(c1ccc(Br)cc1)O3. The summed E-state index contributed by atoms with van der Waals surface area (Å²) < 4.78 is 56.5. The molecule has 1 aliphatic rings. The number of nitrogens with one attached hydrogen (secondary N) is 1. The first-order valence-electron chi connectivity index (χ1n) is 11.2. The number of amides is 1. The number of carbonyl (C=O) groups excluding carboxylic acids is 2. The van der Waals surface area contributed by atoms with Crippen LogP contribution in [0.2, 0.25) is 0 Å². The fourth-order valence-corrected chi connectivity index (χ4v) is 4.29. The molecule has 9 nitrogen and oxygen atoms in total. The van der Waals surface area contributed by atoms with Crippen LogP contribution in [0.3, 0.4) is 0 Å². The van der Waals surface area contributed by atoms with Gasteiger partial charge in [-0.25, -0.2) is 0 Å². The van der Waals surface area contributed by atoms with Crippen molar-refractivity contribution in [3.05, 3.63) is 62.4 Å². The maximum atomic E-state index is 13.5. The van der Waals surface area contributed by atoms with Gasteiger partial charge in [0.25, 0.3) is 11.5 Å². The average molecular weight is 599 g/mol. The van der Waals surface area contributed by atoms with Gasteiger partial charge in [0.15, 0.2) is 0 Å². The monoisotopic (exact) mass is 598 g/mol. The van der Waals surface area contributed by atoms with Crippen LogP contribution in [0.1, 0.15) is 42.8 Å². The average Bonchev–Trinajstić information content (AvgIpc) is 2.79. The number of carbonyl (C=O) groups is 2. The highest BCUT2D eigenvalue weighted by atomic mass is 79.9. The summed E-state index contributed by atoms with van der Waals surface area (Å²) in [5.41, 5.74) is -2.22. The first kappa shape index (κ1) is 27.3. The van der Waals surface area contributed by atoms with Gasteiger partial charge in [-0.2, -0.15) is 0 Å². The highest BCUT2D eigenvalue weighted by molar-refractivity contribution is 9.10. The van der Waals surface area contributed by atoms with Crippen LogP contribution in [0.4, 0.5) is 13.2 Å². The molecule has 2 aromatic carbocycles. The van der Waals surface area contributed by atoms with E-state index in [0.717, 1.165) is 15.1 Å². The molecule has 2 N–H and O–H groups in total. The second kappa shape index (κ2) is 9.86. The van der Waals surface area contributed by atoms with E-state index in [1.807, 2.05) is 0 Å². The van der Waals surface area contributed by atoms with Gasteiger partial charge in [-0.1, -0.05) is 28.1 Å². The Kier molecular flexibility index (Phi) is 7.08. The van der Waals surface area contributed by atoms with Gasteiger partial charge in [-0.15, -0.1) is 13.2 Å². The van der Waals surface area contributed by atoms with Crippen molar-refractivity contribution < 1.29 is 42.1 Å². The third kappa shape index (κ3) is 5.72. The number of halogens is 4. The van der Waals surface area contributed by atoms with E-state index >= 15 is 0 Å². The first-order chi connectivity index (χ1) is 17.6. The van der Waals surface area contributed by atoms with Crippen molar-refractivity contribution in [2.45, 2.75) is 45.4 Å².